The molecule has 1 aromatic carbocycles. The van der Waals surface area contributed by atoms with E-state index in [-0.39, 0.29) is 6.04 Å². The minimum absolute atomic E-state index is 0.216. The van der Waals surface area contributed by atoms with E-state index < -0.39 is 0 Å². The Labute approximate surface area is 125 Å². The van der Waals surface area contributed by atoms with Gasteiger partial charge in [0.1, 0.15) is 5.75 Å². The molecular formula is C15H23N5O. The second-order valence-corrected chi connectivity index (χ2v) is 5.15. The van der Waals surface area contributed by atoms with E-state index in [0.717, 1.165) is 30.1 Å². The van der Waals surface area contributed by atoms with Crippen LogP contribution in [0.3, 0.4) is 0 Å². The highest BCUT2D eigenvalue weighted by atomic mass is 16.5. The number of para-hydroxylation sites is 1. The Morgan fingerprint density at radius 1 is 1.33 bits per heavy atom. The van der Waals surface area contributed by atoms with Gasteiger partial charge in [-0.2, -0.15) is 0 Å². The average molecular weight is 289 g/mol. The van der Waals surface area contributed by atoms with Crippen molar-refractivity contribution in [3.63, 3.8) is 0 Å². The van der Waals surface area contributed by atoms with Crippen LogP contribution >= 0.6 is 0 Å². The summed E-state index contributed by atoms with van der Waals surface area (Å²) < 4.78 is 7.31. The molecule has 0 spiro atoms. The first-order valence-electron chi connectivity index (χ1n) is 7.25. The molecule has 114 valence electrons. The Morgan fingerprint density at radius 3 is 2.81 bits per heavy atom. The van der Waals surface area contributed by atoms with Crippen LogP contribution in [0.4, 0.5) is 0 Å². The highest BCUT2D eigenvalue weighted by Gasteiger charge is 2.18. The minimum atomic E-state index is 0.216. The molecule has 21 heavy (non-hydrogen) atoms. The monoisotopic (exact) mass is 289 g/mol. The number of ether oxygens (including phenoxy) is 1. The second kappa shape index (κ2) is 7.17. The predicted octanol–water partition coefficient (Wildman–Crippen LogP) is 2.28. The van der Waals surface area contributed by atoms with Gasteiger partial charge in [0, 0.05) is 18.2 Å². The maximum absolute atomic E-state index is 5.44. The Morgan fingerprint density at radius 2 is 2.10 bits per heavy atom. The third-order valence-corrected chi connectivity index (χ3v) is 3.68. The normalized spacial score (nSPS) is 12.6. The van der Waals surface area contributed by atoms with Crippen molar-refractivity contribution in [2.45, 2.75) is 39.4 Å². The standard InChI is InChI=1S/C15H23N5O/c1-5-10-20-15(16-17-18-20)11-19(3)12(2)13-8-6-7-9-14(13)21-4/h6-9,12H,5,10-11H2,1-4H3/t12-/m1/s1. The lowest BCUT2D eigenvalue weighted by atomic mass is 10.1. The van der Waals surface area contributed by atoms with Gasteiger partial charge < -0.3 is 4.74 Å². The van der Waals surface area contributed by atoms with Gasteiger partial charge in [0.05, 0.1) is 13.7 Å². The lowest BCUT2D eigenvalue weighted by Crippen LogP contribution is -2.24. The van der Waals surface area contributed by atoms with Crippen molar-refractivity contribution >= 4 is 0 Å². The highest BCUT2D eigenvalue weighted by molar-refractivity contribution is 5.35. The third kappa shape index (κ3) is 3.58. The molecule has 0 bridgehead atoms. The molecule has 0 amide bonds. The van der Waals surface area contributed by atoms with E-state index in [4.69, 9.17) is 4.74 Å². The van der Waals surface area contributed by atoms with Gasteiger partial charge in [0.15, 0.2) is 5.82 Å². The van der Waals surface area contributed by atoms with E-state index in [9.17, 15) is 0 Å². The van der Waals surface area contributed by atoms with Crippen LogP contribution < -0.4 is 4.74 Å². The molecule has 0 aliphatic rings. The smallest absolute Gasteiger partial charge is 0.165 e. The fraction of sp³-hybridized carbons (Fsp3) is 0.533. The fourth-order valence-electron chi connectivity index (χ4n) is 2.33. The number of hydrogen-bond donors (Lipinski definition) is 0. The molecule has 2 rings (SSSR count). The highest BCUT2D eigenvalue weighted by Crippen LogP contribution is 2.28. The van der Waals surface area contributed by atoms with Gasteiger partial charge in [-0.15, -0.1) is 5.10 Å². The third-order valence-electron chi connectivity index (χ3n) is 3.68. The molecule has 0 saturated heterocycles. The van der Waals surface area contributed by atoms with Gasteiger partial charge in [-0.05, 0) is 36.9 Å². The van der Waals surface area contributed by atoms with E-state index in [2.05, 4.69) is 47.4 Å². The van der Waals surface area contributed by atoms with Gasteiger partial charge in [-0.1, -0.05) is 25.1 Å². The first kappa shape index (κ1) is 15.4. The first-order valence-corrected chi connectivity index (χ1v) is 7.25. The van der Waals surface area contributed by atoms with Crippen LogP contribution in [0.5, 0.6) is 5.75 Å². The van der Waals surface area contributed by atoms with Crippen LogP contribution in [0.2, 0.25) is 0 Å². The van der Waals surface area contributed by atoms with Gasteiger partial charge in [-0.3, -0.25) is 4.90 Å². The zero-order chi connectivity index (χ0) is 15.2. The maximum atomic E-state index is 5.44. The van der Waals surface area contributed by atoms with Crippen molar-refractivity contribution in [2.24, 2.45) is 0 Å². The summed E-state index contributed by atoms with van der Waals surface area (Å²) in [4.78, 5) is 2.22. The lowest BCUT2D eigenvalue weighted by Gasteiger charge is -2.25. The maximum Gasteiger partial charge on any atom is 0.165 e. The molecule has 6 nitrogen and oxygen atoms in total. The topological polar surface area (TPSA) is 56.1 Å². The van der Waals surface area contributed by atoms with Gasteiger partial charge in [-0.25, -0.2) is 4.68 Å². The zero-order valence-corrected chi connectivity index (χ0v) is 13.2. The van der Waals surface area contributed by atoms with Crippen LogP contribution in [-0.4, -0.2) is 39.3 Å². The molecule has 0 N–H and O–H groups in total. The van der Waals surface area contributed by atoms with Crippen molar-refractivity contribution in [1.82, 2.24) is 25.1 Å². The summed E-state index contributed by atoms with van der Waals surface area (Å²) in [5.41, 5.74) is 1.16. The summed E-state index contributed by atoms with van der Waals surface area (Å²) in [7, 11) is 3.77. The molecule has 0 aliphatic heterocycles. The molecular weight excluding hydrogens is 266 g/mol. The Hall–Kier alpha value is -1.95. The van der Waals surface area contributed by atoms with Gasteiger partial charge in [0.25, 0.3) is 0 Å². The SMILES string of the molecule is CCCn1nnnc1CN(C)[C@H](C)c1ccccc1OC. The van der Waals surface area contributed by atoms with Crippen LogP contribution in [0.25, 0.3) is 0 Å². The molecule has 0 radical (unpaired) electrons. The van der Waals surface area contributed by atoms with Crippen molar-refractivity contribution in [1.29, 1.82) is 0 Å². The number of nitrogens with zero attached hydrogens (tertiary/aromatic N) is 5. The molecule has 1 aromatic heterocycles. The molecule has 1 atom stereocenters. The number of benzene rings is 1. The molecule has 0 unspecified atom stereocenters. The quantitative estimate of drug-likeness (QED) is 0.782. The minimum Gasteiger partial charge on any atom is -0.496 e. The zero-order valence-electron chi connectivity index (χ0n) is 13.2. The van der Waals surface area contributed by atoms with Crippen LogP contribution in [0.1, 0.15) is 37.7 Å². The van der Waals surface area contributed by atoms with Crippen molar-refractivity contribution in [3.8, 4) is 5.75 Å². The van der Waals surface area contributed by atoms with Crippen LogP contribution in [-0.2, 0) is 13.1 Å². The van der Waals surface area contributed by atoms with Crippen molar-refractivity contribution in [2.75, 3.05) is 14.2 Å². The molecule has 6 heteroatoms. The molecule has 0 fully saturated rings. The summed E-state index contributed by atoms with van der Waals surface area (Å²) in [6, 6.07) is 8.31. The fourth-order valence-corrected chi connectivity index (χ4v) is 2.33. The Bertz CT molecular complexity index is 569. The molecule has 1 heterocycles. The van der Waals surface area contributed by atoms with Crippen molar-refractivity contribution in [3.05, 3.63) is 35.7 Å². The van der Waals surface area contributed by atoms with Crippen molar-refractivity contribution < 1.29 is 4.74 Å². The largest absolute Gasteiger partial charge is 0.496 e. The molecule has 0 aliphatic carbocycles. The summed E-state index contributed by atoms with van der Waals surface area (Å²) in [6.07, 6.45) is 1.02. The molecule has 0 saturated carbocycles. The van der Waals surface area contributed by atoms with Crippen LogP contribution in [0.15, 0.2) is 24.3 Å². The van der Waals surface area contributed by atoms with Gasteiger partial charge in [0.2, 0.25) is 0 Å². The number of methoxy groups -OCH3 is 1. The van der Waals surface area contributed by atoms with Crippen LogP contribution in [0, 0.1) is 0 Å². The van der Waals surface area contributed by atoms with E-state index in [1.54, 1.807) is 7.11 Å². The van der Waals surface area contributed by atoms with E-state index in [0.29, 0.717) is 6.54 Å². The predicted molar refractivity (Wildman–Crippen MR) is 81.0 cm³/mol. The summed E-state index contributed by atoms with van der Waals surface area (Å²) in [6.45, 7) is 5.82. The van der Waals surface area contributed by atoms with Gasteiger partial charge >= 0.3 is 0 Å². The summed E-state index contributed by atoms with van der Waals surface area (Å²) in [5, 5.41) is 11.9. The summed E-state index contributed by atoms with van der Waals surface area (Å²) >= 11 is 0. The van der Waals surface area contributed by atoms with E-state index >= 15 is 0 Å². The van der Waals surface area contributed by atoms with E-state index in [1.165, 1.54) is 0 Å². The number of rotatable bonds is 7. The summed E-state index contributed by atoms with van der Waals surface area (Å²) in [5.74, 6) is 1.80. The Balaban J connectivity index is 2.12. The van der Waals surface area contributed by atoms with E-state index in [1.807, 2.05) is 22.9 Å². The average Bonchev–Trinajstić information content (AvgIpc) is 2.94. The molecule has 2 aromatic rings. The number of aryl methyl sites for hydroxylation is 1. The Kier molecular flexibility index (Phi) is 5.27. The number of hydrogen-bond acceptors (Lipinski definition) is 5. The number of aromatic nitrogens is 4. The number of tetrazole rings is 1. The second-order valence-electron chi connectivity index (χ2n) is 5.15. The lowest BCUT2D eigenvalue weighted by molar-refractivity contribution is 0.236. The first-order chi connectivity index (χ1) is 10.2.